The summed E-state index contributed by atoms with van der Waals surface area (Å²) in [5, 5.41) is 3.57. The summed E-state index contributed by atoms with van der Waals surface area (Å²) in [4.78, 5) is 32.9. The molecule has 8 heteroatoms. The van der Waals surface area contributed by atoms with Gasteiger partial charge in [-0.1, -0.05) is 59.6 Å². The number of aryl methyl sites for hydroxylation is 1. The Labute approximate surface area is 227 Å². The molecule has 5 rings (SSSR count). The number of imidazole rings is 1. The Balaban J connectivity index is 1.41. The number of nitrogens with one attached hydrogen (secondary N) is 1. The van der Waals surface area contributed by atoms with E-state index in [-0.39, 0.29) is 24.5 Å². The fourth-order valence-electron chi connectivity index (χ4n) is 4.48. The van der Waals surface area contributed by atoms with Crippen molar-refractivity contribution in [2.24, 2.45) is 0 Å². The van der Waals surface area contributed by atoms with Gasteiger partial charge in [0, 0.05) is 41.2 Å². The zero-order chi connectivity index (χ0) is 26.5. The highest BCUT2D eigenvalue weighted by atomic mass is 35.5. The molecule has 1 aliphatic heterocycles. The minimum atomic E-state index is -0.339. The number of rotatable bonds is 8. The van der Waals surface area contributed by atoms with Crippen molar-refractivity contribution in [3.05, 3.63) is 101 Å². The number of aromatic nitrogens is 2. The number of amides is 2. The number of hydrogen-bond donors (Lipinski definition) is 1. The van der Waals surface area contributed by atoms with Crippen LogP contribution in [0.4, 0.5) is 5.95 Å². The largest absolute Gasteiger partial charge is 0.376 e. The number of carbonyl (C=O) groups is 2. The molecule has 1 fully saturated rings. The van der Waals surface area contributed by atoms with E-state index in [1.165, 1.54) is 0 Å². The van der Waals surface area contributed by atoms with E-state index in [2.05, 4.69) is 5.32 Å². The lowest BCUT2D eigenvalue weighted by Gasteiger charge is -2.25. The third kappa shape index (κ3) is 6.13. The van der Waals surface area contributed by atoms with Gasteiger partial charge in [-0.2, -0.15) is 0 Å². The van der Waals surface area contributed by atoms with Gasteiger partial charge in [-0.3, -0.25) is 19.5 Å². The van der Waals surface area contributed by atoms with Crippen molar-refractivity contribution in [1.29, 1.82) is 0 Å². The van der Waals surface area contributed by atoms with Crippen LogP contribution in [0, 0.1) is 6.92 Å². The standard InChI is InChI=1S/C30H29ClN4O3/c1-21-9-15-25(16-10-21)35-19-27(22-11-13-24(31)14-12-22)32-30(35)33-28(36)20-34(18-26-8-5-17-38-26)29(37)23-6-3-2-4-7-23/h2-4,6-7,9-16,19,26H,5,8,17-18,20H2,1H3,(H,32,33,36)/t26-/m1/s1. The van der Waals surface area contributed by atoms with Gasteiger partial charge in [0.1, 0.15) is 6.54 Å². The third-order valence-electron chi connectivity index (χ3n) is 6.50. The highest BCUT2D eigenvalue weighted by molar-refractivity contribution is 6.30. The van der Waals surface area contributed by atoms with Crippen LogP contribution >= 0.6 is 11.6 Å². The smallest absolute Gasteiger partial charge is 0.254 e. The fourth-order valence-corrected chi connectivity index (χ4v) is 4.61. The van der Waals surface area contributed by atoms with Gasteiger partial charge in [-0.15, -0.1) is 0 Å². The molecule has 0 unspecified atom stereocenters. The summed E-state index contributed by atoms with van der Waals surface area (Å²) in [5.74, 6) is -0.179. The van der Waals surface area contributed by atoms with Crippen LogP contribution in [-0.4, -0.2) is 52.1 Å². The molecule has 0 saturated carbocycles. The predicted octanol–water partition coefficient (Wildman–Crippen LogP) is 5.76. The van der Waals surface area contributed by atoms with Crippen LogP contribution in [0.5, 0.6) is 0 Å². The second kappa shape index (κ2) is 11.6. The number of nitrogens with zero attached hydrogens (tertiary/aromatic N) is 3. The zero-order valence-electron chi connectivity index (χ0n) is 21.1. The van der Waals surface area contributed by atoms with E-state index in [9.17, 15) is 9.59 Å². The van der Waals surface area contributed by atoms with E-state index in [0.29, 0.717) is 35.4 Å². The van der Waals surface area contributed by atoms with Crippen molar-refractivity contribution >= 4 is 29.4 Å². The Bertz CT molecular complexity index is 1400. The van der Waals surface area contributed by atoms with Crippen molar-refractivity contribution in [3.63, 3.8) is 0 Å². The molecular formula is C30H29ClN4O3. The SMILES string of the molecule is Cc1ccc(-n2cc(-c3ccc(Cl)cc3)nc2NC(=O)CN(C[C@H]2CCCO2)C(=O)c2ccccc2)cc1. The molecule has 0 spiro atoms. The summed E-state index contributed by atoms with van der Waals surface area (Å²) in [6.07, 6.45) is 3.61. The molecule has 1 saturated heterocycles. The van der Waals surface area contributed by atoms with Crippen molar-refractivity contribution in [2.75, 3.05) is 25.0 Å². The highest BCUT2D eigenvalue weighted by Gasteiger charge is 2.26. The molecule has 7 nitrogen and oxygen atoms in total. The van der Waals surface area contributed by atoms with Crippen LogP contribution in [0.2, 0.25) is 5.02 Å². The normalized spacial score (nSPS) is 14.8. The average molecular weight is 529 g/mol. The molecule has 3 aromatic carbocycles. The van der Waals surface area contributed by atoms with E-state index in [4.69, 9.17) is 21.3 Å². The van der Waals surface area contributed by atoms with Gasteiger partial charge in [-0.25, -0.2) is 4.98 Å². The van der Waals surface area contributed by atoms with Gasteiger partial charge >= 0.3 is 0 Å². The second-order valence-electron chi connectivity index (χ2n) is 9.40. The van der Waals surface area contributed by atoms with Crippen molar-refractivity contribution < 1.29 is 14.3 Å². The first-order valence-electron chi connectivity index (χ1n) is 12.6. The van der Waals surface area contributed by atoms with Crippen molar-refractivity contribution in [1.82, 2.24) is 14.5 Å². The highest BCUT2D eigenvalue weighted by Crippen LogP contribution is 2.26. The number of halogens is 1. The van der Waals surface area contributed by atoms with Gasteiger partial charge in [0.2, 0.25) is 11.9 Å². The van der Waals surface area contributed by atoms with Crippen LogP contribution in [0.15, 0.2) is 85.1 Å². The van der Waals surface area contributed by atoms with E-state index >= 15 is 0 Å². The number of ether oxygens (including phenoxy) is 1. The van der Waals surface area contributed by atoms with Gasteiger partial charge in [0.05, 0.1) is 11.8 Å². The van der Waals surface area contributed by atoms with E-state index in [0.717, 1.165) is 29.7 Å². The molecular weight excluding hydrogens is 500 g/mol. The van der Waals surface area contributed by atoms with Gasteiger partial charge in [-0.05, 0) is 56.2 Å². The molecule has 0 radical (unpaired) electrons. The molecule has 38 heavy (non-hydrogen) atoms. The fraction of sp³-hybridized carbons (Fsp3) is 0.233. The van der Waals surface area contributed by atoms with Crippen LogP contribution in [0.1, 0.15) is 28.8 Å². The lowest BCUT2D eigenvalue weighted by molar-refractivity contribution is -0.117. The molecule has 1 N–H and O–H groups in total. The monoisotopic (exact) mass is 528 g/mol. The summed E-state index contributed by atoms with van der Waals surface area (Å²) in [6.45, 7) is 2.92. The summed E-state index contributed by atoms with van der Waals surface area (Å²) < 4.78 is 7.60. The van der Waals surface area contributed by atoms with Crippen LogP contribution in [0.3, 0.4) is 0 Å². The number of anilines is 1. The third-order valence-corrected chi connectivity index (χ3v) is 6.75. The second-order valence-corrected chi connectivity index (χ2v) is 9.83. The average Bonchev–Trinajstić information content (AvgIpc) is 3.59. The Morgan fingerprint density at radius 3 is 2.47 bits per heavy atom. The Kier molecular flexibility index (Phi) is 7.86. The molecule has 1 atom stereocenters. The molecule has 2 amide bonds. The van der Waals surface area contributed by atoms with Crippen molar-refractivity contribution in [2.45, 2.75) is 25.9 Å². The predicted molar refractivity (Wildman–Crippen MR) is 149 cm³/mol. The number of carbonyl (C=O) groups excluding carboxylic acids is 2. The summed E-state index contributed by atoms with van der Waals surface area (Å²) in [7, 11) is 0. The Hall–Kier alpha value is -3.94. The minimum Gasteiger partial charge on any atom is -0.376 e. The summed E-state index contributed by atoms with van der Waals surface area (Å²) in [5.41, 5.74) is 4.07. The summed E-state index contributed by atoms with van der Waals surface area (Å²) in [6, 6.07) is 24.3. The van der Waals surface area contributed by atoms with E-state index < -0.39 is 0 Å². The molecule has 1 aromatic heterocycles. The van der Waals surface area contributed by atoms with Gasteiger partial charge in [0.15, 0.2) is 0 Å². The van der Waals surface area contributed by atoms with E-state index in [1.54, 1.807) is 29.2 Å². The van der Waals surface area contributed by atoms with Crippen LogP contribution in [-0.2, 0) is 9.53 Å². The lowest BCUT2D eigenvalue weighted by atomic mass is 10.1. The van der Waals surface area contributed by atoms with Crippen molar-refractivity contribution in [3.8, 4) is 16.9 Å². The molecule has 2 heterocycles. The van der Waals surface area contributed by atoms with Gasteiger partial charge in [0.25, 0.3) is 5.91 Å². The van der Waals surface area contributed by atoms with Gasteiger partial charge < -0.3 is 9.64 Å². The topological polar surface area (TPSA) is 76.5 Å². The molecule has 1 aliphatic rings. The first-order chi connectivity index (χ1) is 18.5. The Morgan fingerprint density at radius 2 is 1.79 bits per heavy atom. The van der Waals surface area contributed by atoms with E-state index in [1.807, 2.05) is 72.3 Å². The van der Waals surface area contributed by atoms with Crippen LogP contribution < -0.4 is 5.32 Å². The van der Waals surface area contributed by atoms with Crippen LogP contribution in [0.25, 0.3) is 16.9 Å². The minimum absolute atomic E-state index is 0.0819. The first-order valence-corrected chi connectivity index (χ1v) is 13.0. The first kappa shape index (κ1) is 25.7. The molecule has 0 aliphatic carbocycles. The maximum atomic E-state index is 13.3. The lowest BCUT2D eigenvalue weighted by Crippen LogP contribution is -2.42. The summed E-state index contributed by atoms with van der Waals surface area (Å²) >= 11 is 6.07. The quantitative estimate of drug-likeness (QED) is 0.315. The molecule has 194 valence electrons. The Morgan fingerprint density at radius 1 is 1.05 bits per heavy atom. The number of hydrogen-bond acceptors (Lipinski definition) is 4. The molecule has 4 aromatic rings. The maximum Gasteiger partial charge on any atom is 0.254 e. The number of benzene rings is 3. The zero-order valence-corrected chi connectivity index (χ0v) is 21.9. The maximum absolute atomic E-state index is 13.3. The molecule has 0 bridgehead atoms.